The van der Waals surface area contributed by atoms with Gasteiger partial charge in [-0.1, -0.05) is 42.5 Å². The van der Waals surface area contributed by atoms with Gasteiger partial charge in [0, 0.05) is 51.2 Å². The number of piperazine rings is 1. The minimum absolute atomic E-state index is 0. The van der Waals surface area contributed by atoms with Gasteiger partial charge in [0.25, 0.3) is 5.91 Å². The van der Waals surface area contributed by atoms with Crippen molar-refractivity contribution in [3.8, 4) is 11.3 Å². The van der Waals surface area contributed by atoms with E-state index in [4.69, 9.17) is 0 Å². The van der Waals surface area contributed by atoms with Gasteiger partial charge in [0.05, 0.1) is 11.3 Å². The molecular formula is C30H41ClN4O. The Morgan fingerprint density at radius 1 is 0.944 bits per heavy atom. The molecule has 6 heteroatoms. The van der Waals surface area contributed by atoms with E-state index in [1.54, 1.807) is 7.05 Å². The summed E-state index contributed by atoms with van der Waals surface area (Å²) >= 11 is 0. The number of hydrogen-bond donors (Lipinski definition) is 1. The second kappa shape index (κ2) is 12.5. The van der Waals surface area contributed by atoms with E-state index in [-0.39, 0.29) is 18.3 Å². The maximum Gasteiger partial charge on any atom is 0.253 e. The van der Waals surface area contributed by atoms with Gasteiger partial charge >= 0.3 is 0 Å². The predicted molar refractivity (Wildman–Crippen MR) is 154 cm³/mol. The molecule has 0 unspecified atom stereocenters. The molecule has 1 fully saturated rings. The van der Waals surface area contributed by atoms with Crippen LogP contribution in [0.5, 0.6) is 0 Å². The molecule has 1 N–H and O–H groups in total. The minimum atomic E-state index is 0. The highest BCUT2D eigenvalue weighted by Gasteiger charge is 2.25. The number of carbonyl (C=O) groups is 1. The highest BCUT2D eigenvalue weighted by atomic mass is 35.5. The molecule has 0 bridgehead atoms. The van der Waals surface area contributed by atoms with Crippen LogP contribution in [0.15, 0.2) is 48.5 Å². The van der Waals surface area contributed by atoms with Crippen molar-refractivity contribution in [1.82, 2.24) is 14.8 Å². The van der Waals surface area contributed by atoms with Crippen molar-refractivity contribution in [3.05, 3.63) is 76.5 Å². The molecule has 194 valence electrons. The number of nitrogens with one attached hydrogen (secondary N) is 1. The molecule has 0 atom stereocenters. The standard InChI is InChI=1S/C30H40N4O.ClH/c1-6-34-24(4)28(30(35)31-5)26(29(34)25-13-8-7-9-14-25)15-11-17-32-18-20-33(21-19-32)27-16-10-12-22(2)23(27)3;/h7-10,12-14,16H,6,11,15,17-21H2,1-5H3,(H,31,35);1H. The fourth-order valence-corrected chi connectivity index (χ4v) is 5.56. The van der Waals surface area contributed by atoms with Gasteiger partial charge in [0.2, 0.25) is 0 Å². The highest BCUT2D eigenvalue weighted by molar-refractivity contribution is 5.99. The Kier molecular flexibility index (Phi) is 9.63. The summed E-state index contributed by atoms with van der Waals surface area (Å²) in [5.41, 5.74) is 9.62. The van der Waals surface area contributed by atoms with E-state index in [9.17, 15) is 4.79 Å². The zero-order chi connectivity index (χ0) is 24.9. The fraction of sp³-hybridized carbons (Fsp3) is 0.433. The van der Waals surface area contributed by atoms with Crippen molar-refractivity contribution >= 4 is 24.0 Å². The SMILES string of the molecule is CCn1c(C)c(C(=O)NC)c(CCCN2CCN(c3cccc(C)c3C)CC2)c1-c1ccccc1.Cl. The van der Waals surface area contributed by atoms with Gasteiger partial charge in [0.15, 0.2) is 0 Å². The molecule has 1 aliphatic rings. The molecule has 3 aromatic rings. The number of halogens is 1. The molecule has 5 nitrogen and oxygen atoms in total. The number of carbonyl (C=O) groups excluding carboxylic acids is 1. The third-order valence-corrected chi connectivity index (χ3v) is 7.63. The molecule has 2 heterocycles. The number of amides is 1. The van der Waals surface area contributed by atoms with Crippen molar-refractivity contribution < 1.29 is 4.79 Å². The largest absolute Gasteiger partial charge is 0.369 e. The molecule has 1 amide bonds. The third-order valence-electron chi connectivity index (χ3n) is 7.63. The molecule has 36 heavy (non-hydrogen) atoms. The molecule has 0 radical (unpaired) electrons. The van der Waals surface area contributed by atoms with Crippen molar-refractivity contribution in [2.75, 3.05) is 44.7 Å². The molecule has 4 rings (SSSR count). The van der Waals surface area contributed by atoms with Gasteiger partial charge in [-0.05, 0) is 75.4 Å². The van der Waals surface area contributed by atoms with Crippen LogP contribution in [0, 0.1) is 20.8 Å². The number of aromatic nitrogens is 1. The van der Waals surface area contributed by atoms with E-state index in [2.05, 4.69) is 89.8 Å². The first-order valence-electron chi connectivity index (χ1n) is 13.0. The fourth-order valence-electron chi connectivity index (χ4n) is 5.56. The number of benzene rings is 2. The molecule has 0 spiro atoms. The van der Waals surface area contributed by atoms with Crippen LogP contribution in [-0.4, -0.2) is 55.1 Å². The molecule has 1 saturated heterocycles. The van der Waals surface area contributed by atoms with Crippen molar-refractivity contribution in [3.63, 3.8) is 0 Å². The molecule has 1 aliphatic heterocycles. The number of aryl methyl sites for hydroxylation is 1. The van der Waals surface area contributed by atoms with Crippen LogP contribution in [0.2, 0.25) is 0 Å². The van der Waals surface area contributed by atoms with Crippen LogP contribution in [-0.2, 0) is 13.0 Å². The summed E-state index contributed by atoms with van der Waals surface area (Å²) in [5, 5.41) is 2.88. The highest BCUT2D eigenvalue weighted by Crippen LogP contribution is 2.33. The normalized spacial score (nSPS) is 14.0. The van der Waals surface area contributed by atoms with E-state index in [1.165, 1.54) is 33.6 Å². The van der Waals surface area contributed by atoms with Crippen LogP contribution in [0.4, 0.5) is 5.69 Å². The number of rotatable bonds is 8. The van der Waals surface area contributed by atoms with Crippen molar-refractivity contribution in [2.24, 2.45) is 0 Å². The summed E-state index contributed by atoms with van der Waals surface area (Å²) < 4.78 is 2.30. The molecule has 0 aliphatic carbocycles. The summed E-state index contributed by atoms with van der Waals surface area (Å²) in [5.74, 6) is 0.0176. The second-order valence-electron chi connectivity index (χ2n) is 9.63. The maximum atomic E-state index is 12.9. The Labute approximate surface area is 222 Å². The van der Waals surface area contributed by atoms with Gasteiger partial charge in [-0.15, -0.1) is 12.4 Å². The lowest BCUT2D eigenvalue weighted by molar-refractivity contribution is 0.0961. The number of nitrogens with zero attached hydrogens (tertiary/aromatic N) is 3. The second-order valence-corrected chi connectivity index (χ2v) is 9.63. The van der Waals surface area contributed by atoms with Crippen LogP contribution in [0.1, 0.15) is 46.1 Å². The average Bonchev–Trinajstić information content (AvgIpc) is 3.17. The Bertz CT molecular complexity index is 1160. The minimum Gasteiger partial charge on any atom is -0.369 e. The summed E-state index contributed by atoms with van der Waals surface area (Å²) in [6, 6.07) is 17.1. The summed E-state index contributed by atoms with van der Waals surface area (Å²) in [4.78, 5) is 18.0. The van der Waals surface area contributed by atoms with Crippen molar-refractivity contribution in [1.29, 1.82) is 0 Å². The quantitative estimate of drug-likeness (QED) is 0.428. The smallest absolute Gasteiger partial charge is 0.253 e. The van der Waals surface area contributed by atoms with Crippen LogP contribution in [0.3, 0.4) is 0 Å². The van der Waals surface area contributed by atoms with E-state index < -0.39 is 0 Å². The van der Waals surface area contributed by atoms with E-state index in [0.717, 1.165) is 63.4 Å². The first-order valence-corrected chi connectivity index (χ1v) is 13.0. The molecule has 1 aromatic heterocycles. The van der Waals surface area contributed by atoms with Gasteiger partial charge in [-0.3, -0.25) is 9.69 Å². The van der Waals surface area contributed by atoms with Crippen LogP contribution in [0.25, 0.3) is 11.3 Å². The van der Waals surface area contributed by atoms with Crippen LogP contribution >= 0.6 is 12.4 Å². The van der Waals surface area contributed by atoms with E-state index >= 15 is 0 Å². The number of hydrogen-bond acceptors (Lipinski definition) is 3. The van der Waals surface area contributed by atoms with Gasteiger partial charge in [0.1, 0.15) is 0 Å². The zero-order valence-electron chi connectivity index (χ0n) is 22.4. The van der Waals surface area contributed by atoms with E-state index in [1.807, 2.05) is 6.07 Å². The van der Waals surface area contributed by atoms with Crippen LogP contribution < -0.4 is 10.2 Å². The Morgan fingerprint density at radius 3 is 2.28 bits per heavy atom. The summed E-state index contributed by atoms with van der Waals surface area (Å²) in [7, 11) is 1.73. The Balaban J connectivity index is 0.00000361. The predicted octanol–water partition coefficient (Wildman–Crippen LogP) is 5.64. The van der Waals surface area contributed by atoms with Gasteiger partial charge in [-0.2, -0.15) is 0 Å². The molecule has 0 saturated carbocycles. The first kappa shape index (κ1) is 27.8. The van der Waals surface area contributed by atoms with Crippen molar-refractivity contribution in [2.45, 2.75) is 47.1 Å². The van der Waals surface area contributed by atoms with Gasteiger partial charge in [-0.25, -0.2) is 0 Å². The lowest BCUT2D eigenvalue weighted by Gasteiger charge is -2.37. The number of anilines is 1. The zero-order valence-corrected chi connectivity index (χ0v) is 23.3. The monoisotopic (exact) mass is 508 g/mol. The Hall–Kier alpha value is -2.76. The summed E-state index contributed by atoms with van der Waals surface area (Å²) in [6.07, 6.45) is 1.94. The lowest BCUT2D eigenvalue weighted by Crippen LogP contribution is -2.47. The lowest BCUT2D eigenvalue weighted by atomic mass is 9.99. The topological polar surface area (TPSA) is 40.5 Å². The molecular weight excluding hydrogens is 468 g/mol. The van der Waals surface area contributed by atoms with E-state index in [0.29, 0.717) is 0 Å². The average molecular weight is 509 g/mol. The summed E-state index contributed by atoms with van der Waals surface area (Å²) in [6.45, 7) is 14.9. The van der Waals surface area contributed by atoms with Gasteiger partial charge < -0.3 is 14.8 Å². The molecule has 2 aromatic carbocycles. The Morgan fingerprint density at radius 2 is 1.64 bits per heavy atom. The third kappa shape index (κ3) is 5.63. The first-order chi connectivity index (χ1) is 17.0. The maximum absolute atomic E-state index is 12.9.